The molecular weight excluding hydrogens is 340 g/mol. The van der Waals surface area contributed by atoms with E-state index in [2.05, 4.69) is 6.92 Å². The minimum atomic E-state index is -4.56. The summed E-state index contributed by atoms with van der Waals surface area (Å²) in [6, 6.07) is 11.8. The number of hydrogen-bond donors (Lipinski definition) is 2. The Kier molecular flexibility index (Phi) is 6.84. The number of para-hydroxylation sites is 1. The lowest BCUT2D eigenvalue weighted by molar-refractivity contribution is 0.394. The van der Waals surface area contributed by atoms with E-state index in [-0.39, 0.29) is 5.75 Å². The molecule has 0 heterocycles. The summed E-state index contributed by atoms with van der Waals surface area (Å²) in [4.78, 5) is -0.462. The summed E-state index contributed by atoms with van der Waals surface area (Å²) in [6.07, 6.45) is 5.59. The summed E-state index contributed by atoms with van der Waals surface area (Å²) >= 11 is 0. The fraction of sp³-hybridized carbons (Fsp3) is 0.368. The van der Waals surface area contributed by atoms with E-state index in [4.69, 9.17) is 4.74 Å². The first-order chi connectivity index (χ1) is 11.9. The highest BCUT2D eigenvalue weighted by molar-refractivity contribution is 7.86. The molecule has 0 atom stereocenters. The van der Waals surface area contributed by atoms with Gasteiger partial charge in [-0.15, -0.1) is 0 Å². The fourth-order valence-electron chi connectivity index (χ4n) is 2.70. The molecule has 2 N–H and O–H groups in total. The second kappa shape index (κ2) is 8.87. The third-order valence-electron chi connectivity index (χ3n) is 3.95. The zero-order valence-electron chi connectivity index (χ0n) is 14.3. The molecule has 0 saturated carbocycles. The van der Waals surface area contributed by atoms with Crippen LogP contribution in [-0.4, -0.2) is 18.1 Å². The van der Waals surface area contributed by atoms with Gasteiger partial charge in [-0.1, -0.05) is 56.9 Å². The summed E-state index contributed by atoms with van der Waals surface area (Å²) in [5.74, 6) is -0.0997. The first-order valence-electron chi connectivity index (χ1n) is 8.48. The smallest absolute Gasteiger partial charge is 0.298 e. The van der Waals surface area contributed by atoms with E-state index in [0.717, 1.165) is 32.1 Å². The molecule has 0 spiro atoms. The fourth-order valence-corrected chi connectivity index (χ4v) is 3.54. The van der Waals surface area contributed by atoms with Crippen LogP contribution < -0.4 is 4.74 Å². The molecule has 136 valence electrons. The Morgan fingerprint density at radius 3 is 2.28 bits per heavy atom. The molecule has 0 saturated heterocycles. The zero-order valence-corrected chi connectivity index (χ0v) is 15.1. The minimum Gasteiger partial charge on any atom is -0.503 e. The molecule has 6 heteroatoms. The van der Waals surface area contributed by atoms with Crippen molar-refractivity contribution in [2.75, 3.05) is 0 Å². The van der Waals surface area contributed by atoms with Gasteiger partial charge in [0.2, 0.25) is 0 Å². The van der Waals surface area contributed by atoms with Gasteiger partial charge in [-0.05, 0) is 36.6 Å². The maximum atomic E-state index is 11.8. The molecular formula is C19H24O5S. The number of hydrogen-bond acceptors (Lipinski definition) is 4. The molecule has 0 aliphatic rings. The van der Waals surface area contributed by atoms with E-state index in [1.54, 1.807) is 30.3 Å². The average Bonchev–Trinajstić information content (AvgIpc) is 2.57. The van der Waals surface area contributed by atoms with Crippen molar-refractivity contribution in [3.63, 3.8) is 0 Å². The number of ether oxygens (including phenoxy) is 1. The molecule has 5 nitrogen and oxygen atoms in total. The van der Waals surface area contributed by atoms with Crippen molar-refractivity contribution in [3.05, 3.63) is 48.0 Å². The predicted molar refractivity (Wildman–Crippen MR) is 96.9 cm³/mol. The number of rotatable bonds is 9. The highest BCUT2D eigenvalue weighted by Crippen LogP contribution is 2.38. The summed E-state index contributed by atoms with van der Waals surface area (Å²) < 4.78 is 38.6. The first kappa shape index (κ1) is 19.3. The van der Waals surface area contributed by atoms with Crippen molar-refractivity contribution in [2.24, 2.45) is 0 Å². The SMILES string of the molecule is CCCCCCCc1ccc(Oc2ccccc2)c(O)c1S(=O)(=O)O. The number of aromatic hydroxyl groups is 1. The molecule has 0 fully saturated rings. The largest absolute Gasteiger partial charge is 0.503 e. The number of benzene rings is 2. The standard InChI is InChI=1S/C19H24O5S/c1-2-3-4-5-7-10-15-13-14-17(18(20)19(15)25(21,22)23)24-16-11-8-6-9-12-16/h6,8-9,11-14,20H,2-5,7,10H2,1H3,(H,21,22,23). The van der Waals surface area contributed by atoms with E-state index in [9.17, 15) is 18.1 Å². The van der Waals surface area contributed by atoms with Gasteiger partial charge < -0.3 is 9.84 Å². The van der Waals surface area contributed by atoms with Crippen LogP contribution in [-0.2, 0) is 16.5 Å². The lowest BCUT2D eigenvalue weighted by Crippen LogP contribution is -2.05. The maximum Gasteiger partial charge on any atom is 0.298 e. The van der Waals surface area contributed by atoms with Crippen LogP contribution in [0.25, 0.3) is 0 Å². The Bertz CT molecular complexity index is 785. The maximum absolute atomic E-state index is 11.8. The van der Waals surface area contributed by atoms with Gasteiger partial charge in [0.25, 0.3) is 10.1 Å². The molecule has 0 aliphatic heterocycles. The Labute approximate surface area is 149 Å². The Hall–Kier alpha value is -2.05. The molecule has 2 aromatic carbocycles. The molecule has 0 aliphatic carbocycles. The van der Waals surface area contributed by atoms with E-state index in [1.165, 1.54) is 6.07 Å². The molecule has 25 heavy (non-hydrogen) atoms. The van der Waals surface area contributed by atoms with Crippen LogP contribution >= 0.6 is 0 Å². The zero-order chi connectivity index (χ0) is 18.3. The number of phenols is 1. The van der Waals surface area contributed by atoms with Gasteiger partial charge in [0.1, 0.15) is 10.6 Å². The van der Waals surface area contributed by atoms with Crippen LogP contribution in [0.4, 0.5) is 0 Å². The molecule has 0 aromatic heterocycles. The topological polar surface area (TPSA) is 83.8 Å². The average molecular weight is 364 g/mol. The van der Waals surface area contributed by atoms with Gasteiger partial charge in [0, 0.05) is 0 Å². The van der Waals surface area contributed by atoms with Gasteiger partial charge in [-0.3, -0.25) is 4.55 Å². The molecule has 0 bridgehead atoms. The van der Waals surface area contributed by atoms with Crippen molar-refractivity contribution in [2.45, 2.75) is 50.3 Å². The van der Waals surface area contributed by atoms with Crippen molar-refractivity contribution in [3.8, 4) is 17.2 Å². The van der Waals surface area contributed by atoms with Gasteiger partial charge in [-0.25, -0.2) is 0 Å². The highest BCUT2D eigenvalue weighted by atomic mass is 32.2. The van der Waals surface area contributed by atoms with Gasteiger partial charge >= 0.3 is 0 Å². The Balaban J connectivity index is 2.25. The molecule has 0 unspecified atom stereocenters. The minimum absolute atomic E-state index is 0.00596. The molecule has 2 rings (SSSR count). The van der Waals surface area contributed by atoms with Crippen LogP contribution in [0.3, 0.4) is 0 Å². The first-order valence-corrected chi connectivity index (χ1v) is 9.92. The lowest BCUT2D eigenvalue weighted by Gasteiger charge is -2.13. The summed E-state index contributed by atoms with van der Waals surface area (Å²) in [7, 11) is -4.56. The van der Waals surface area contributed by atoms with Crippen molar-refractivity contribution in [1.82, 2.24) is 0 Å². The number of unbranched alkanes of at least 4 members (excludes halogenated alkanes) is 4. The van der Waals surface area contributed by atoms with Crippen LogP contribution in [0.15, 0.2) is 47.4 Å². The summed E-state index contributed by atoms with van der Waals surface area (Å²) in [5.41, 5.74) is 0.400. The lowest BCUT2D eigenvalue weighted by atomic mass is 10.0. The van der Waals surface area contributed by atoms with Crippen LogP contribution in [0.2, 0.25) is 0 Å². The molecule has 0 amide bonds. The summed E-state index contributed by atoms with van der Waals surface area (Å²) in [5, 5.41) is 10.3. The number of phenolic OH excluding ortho intramolecular Hbond substituents is 1. The van der Waals surface area contributed by atoms with Gasteiger partial charge in [-0.2, -0.15) is 8.42 Å². The Morgan fingerprint density at radius 1 is 0.960 bits per heavy atom. The van der Waals surface area contributed by atoms with Crippen LogP contribution in [0.5, 0.6) is 17.2 Å². The second-order valence-corrected chi connectivity index (χ2v) is 7.31. The van der Waals surface area contributed by atoms with Gasteiger partial charge in [0.05, 0.1) is 0 Å². The third kappa shape index (κ3) is 5.47. The van der Waals surface area contributed by atoms with Crippen molar-refractivity contribution >= 4 is 10.1 Å². The van der Waals surface area contributed by atoms with E-state index in [1.807, 2.05) is 6.07 Å². The van der Waals surface area contributed by atoms with Crippen LogP contribution in [0.1, 0.15) is 44.6 Å². The van der Waals surface area contributed by atoms with E-state index in [0.29, 0.717) is 17.7 Å². The second-order valence-electron chi connectivity index (χ2n) is 5.95. The monoisotopic (exact) mass is 364 g/mol. The summed E-state index contributed by atoms with van der Waals surface area (Å²) in [6.45, 7) is 2.12. The van der Waals surface area contributed by atoms with E-state index < -0.39 is 20.8 Å². The van der Waals surface area contributed by atoms with Gasteiger partial charge in [0.15, 0.2) is 11.5 Å². The highest BCUT2D eigenvalue weighted by Gasteiger charge is 2.24. The Morgan fingerprint density at radius 2 is 1.64 bits per heavy atom. The quantitative estimate of drug-likeness (QED) is 0.486. The normalized spacial score (nSPS) is 11.4. The van der Waals surface area contributed by atoms with Crippen molar-refractivity contribution < 1.29 is 22.8 Å². The van der Waals surface area contributed by atoms with Crippen molar-refractivity contribution in [1.29, 1.82) is 0 Å². The predicted octanol–water partition coefficient (Wildman–Crippen LogP) is 4.94. The van der Waals surface area contributed by atoms with E-state index >= 15 is 0 Å². The third-order valence-corrected chi connectivity index (χ3v) is 4.93. The number of aryl methyl sites for hydroxylation is 1. The van der Waals surface area contributed by atoms with Crippen LogP contribution in [0, 0.1) is 0 Å². The molecule has 2 aromatic rings. The molecule has 0 radical (unpaired) electrons.